The SMILES string of the molecule is O=C(O)OC1CC(c2cccc(C(F)(F)F)c2)CN(C(=O)N2CCC(O)C2)C1. The Kier molecular flexibility index (Phi) is 5.69. The third kappa shape index (κ3) is 4.67. The second-order valence-corrected chi connectivity index (χ2v) is 7.14. The molecule has 3 atom stereocenters. The van der Waals surface area contributed by atoms with Crippen molar-refractivity contribution in [3.8, 4) is 0 Å². The summed E-state index contributed by atoms with van der Waals surface area (Å²) in [5.74, 6) is -0.503. The highest BCUT2D eigenvalue weighted by atomic mass is 19.4. The molecule has 7 nitrogen and oxygen atoms in total. The van der Waals surface area contributed by atoms with E-state index < -0.39 is 36.0 Å². The number of halogens is 3. The van der Waals surface area contributed by atoms with E-state index in [1.54, 1.807) is 0 Å². The Balaban J connectivity index is 1.82. The Labute approximate surface area is 159 Å². The van der Waals surface area contributed by atoms with Crippen LogP contribution in [0.4, 0.5) is 22.8 Å². The van der Waals surface area contributed by atoms with Gasteiger partial charge in [0.15, 0.2) is 0 Å². The number of aliphatic hydroxyl groups excluding tert-OH is 1. The van der Waals surface area contributed by atoms with Crippen LogP contribution in [0.1, 0.15) is 29.9 Å². The van der Waals surface area contributed by atoms with E-state index in [-0.39, 0.29) is 32.1 Å². The van der Waals surface area contributed by atoms with Crippen molar-refractivity contribution < 1.29 is 37.7 Å². The highest BCUT2D eigenvalue weighted by Crippen LogP contribution is 2.34. The largest absolute Gasteiger partial charge is 0.506 e. The number of carboxylic acid groups (broad SMARTS) is 1. The quantitative estimate of drug-likeness (QED) is 0.743. The van der Waals surface area contributed by atoms with Gasteiger partial charge in [0.2, 0.25) is 0 Å². The van der Waals surface area contributed by atoms with Gasteiger partial charge >= 0.3 is 18.4 Å². The summed E-state index contributed by atoms with van der Waals surface area (Å²) in [6, 6.07) is 4.43. The van der Waals surface area contributed by atoms with Crippen molar-refractivity contribution in [2.75, 3.05) is 26.2 Å². The van der Waals surface area contributed by atoms with Gasteiger partial charge in [0.25, 0.3) is 0 Å². The zero-order valence-corrected chi connectivity index (χ0v) is 14.9. The van der Waals surface area contributed by atoms with Crippen LogP contribution in [0.3, 0.4) is 0 Å². The molecule has 3 unspecified atom stereocenters. The molecule has 1 aromatic carbocycles. The van der Waals surface area contributed by atoms with Crippen molar-refractivity contribution in [1.82, 2.24) is 9.80 Å². The first-order chi connectivity index (χ1) is 13.1. The molecule has 2 saturated heterocycles. The molecule has 0 saturated carbocycles. The lowest BCUT2D eigenvalue weighted by Crippen LogP contribution is -2.51. The molecule has 0 aliphatic carbocycles. The van der Waals surface area contributed by atoms with Gasteiger partial charge in [-0.2, -0.15) is 13.2 Å². The van der Waals surface area contributed by atoms with E-state index in [4.69, 9.17) is 9.84 Å². The number of rotatable bonds is 2. The number of carbonyl (C=O) groups is 2. The Morgan fingerprint density at radius 3 is 2.50 bits per heavy atom. The summed E-state index contributed by atoms with van der Waals surface area (Å²) >= 11 is 0. The standard InChI is InChI=1S/C18H21F3N2O5/c19-18(20,21)13-3-1-2-11(6-13)12-7-15(28-17(26)27)10-23(8-12)16(25)22-5-4-14(24)9-22/h1-3,6,12,14-15,24H,4-5,7-10H2,(H,26,27). The van der Waals surface area contributed by atoms with Crippen molar-refractivity contribution in [2.45, 2.75) is 37.1 Å². The molecular formula is C18H21F3N2O5. The summed E-state index contributed by atoms with van der Waals surface area (Å²) in [5.41, 5.74) is -0.431. The third-order valence-corrected chi connectivity index (χ3v) is 5.07. The lowest BCUT2D eigenvalue weighted by molar-refractivity contribution is -0.137. The number of urea groups is 1. The van der Waals surface area contributed by atoms with E-state index in [0.29, 0.717) is 18.5 Å². The minimum atomic E-state index is -4.50. The maximum absolute atomic E-state index is 13.0. The summed E-state index contributed by atoms with van der Waals surface area (Å²) in [6.45, 7) is 0.711. The van der Waals surface area contributed by atoms with Crippen molar-refractivity contribution in [3.63, 3.8) is 0 Å². The average Bonchev–Trinajstić information content (AvgIpc) is 3.06. The number of nitrogens with zero attached hydrogens (tertiary/aromatic N) is 2. The van der Waals surface area contributed by atoms with Gasteiger partial charge in [-0.05, 0) is 24.5 Å². The highest BCUT2D eigenvalue weighted by molar-refractivity contribution is 5.75. The number of hydrogen-bond donors (Lipinski definition) is 2. The maximum Gasteiger partial charge on any atom is 0.506 e. The van der Waals surface area contributed by atoms with Crippen LogP contribution in [0, 0.1) is 0 Å². The summed E-state index contributed by atoms with van der Waals surface area (Å²) in [7, 11) is 0. The van der Waals surface area contributed by atoms with Crippen LogP contribution in [-0.4, -0.2) is 70.6 Å². The van der Waals surface area contributed by atoms with E-state index in [1.165, 1.54) is 21.9 Å². The number of likely N-dealkylation sites (tertiary alicyclic amines) is 2. The van der Waals surface area contributed by atoms with E-state index in [0.717, 1.165) is 12.1 Å². The Morgan fingerprint density at radius 2 is 1.89 bits per heavy atom. The first kappa shape index (κ1) is 20.2. The summed E-state index contributed by atoms with van der Waals surface area (Å²) < 4.78 is 43.9. The minimum Gasteiger partial charge on any atom is -0.450 e. The predicted octanol–water partition coefficient (Wildman–Crippen LogP) is 2.74. The van der Waals surface area contributed by atoms with E-state index in [1.807, 2.05) is 0 Å². The Morgan fingerprint density at radius 1 is 1.14 bits per heavy atom. The Bertz CT molecular complexity index is 742. The topological polar surface area (TPSA) is 90.3 Å². The van der Waals surface area contributed by atoms with Crippen LogP contribution in [0.2, 0.25) is 0 Å². The zero-order valence-electron chi connectivity index (χ0n) is 14.9. The van der Waals surface area contributed by atoms with Gasteiger partial charge in [-0.25, -0.2) is 9.59 Å². The van der Waals surface area contributed by atoms with Crippen LogP contribution in [0.25, 0.3) is 0 Å². The number of aliphatic hydroxyl groups is 1. The van der Waals surface area contributed by atoms with Crippen LogP contribution in [0.15, 0.2) is 24.3 Å². The van der Waals surface area contributed by atoms with Gasteiger partial charge in [0.1, 0.15) is 6.10 Å². The van der Waals surface area contributed by atoms with Crippen LogP contribution >= 0.6 is 0 Å². The third-order valence-electron chi connectivity index (χ3n) is 5.07. The van der Waals surface area contributed by atoms with Crippen molar-refractivity contribution in [3.05, 3.63) is 35.4 Å². The van der Waals surface area contributed by atoms with Crippen LogP contribution < -0.4 is 0 Å². The fourth-order valence-electron chi connectivity index (χ4n) is 3.76. The van der Waals surface area contributed by atoms with E-state index >= 15 is 0 Å². The van der Waals surface area contributed by atoms with Gasteiger partial charge < -0.3 is 24.7 Å². The predicted molar refractivity (Wildman–Crippen MR) is 90.9 cm³/mol. The molecule has 1 aromatic rings. The van der Waals surface area contributed by atoms with E-state index in [9.17, 15) is 27.9 Å². The normalized spacial score (nSPS) is 25.6. The molecule has 2 aliphatic rings. The first-order valence-corrected chi connectivity index (χ1v) is 8.92. The molecule has 10 heteroatoms. The second kappa shape index (κ2) is 7.86. The summed E-state index contributed by atoms with van der Waals surface area (Å²) in [4.78, 5) is 26.5. The van der Waals surface area contributed by atoms with Gasteiger partial charge in [0.05, 0.1) is 18.2 Å². The maximum atomic E-state index is 13.0. The smallest absolute Gasteiger partial charge is 0.450 e. The monoisotopic (exact) mass is 402 g/mol. The zero-order chi connectivity index (χ0) is 20.5. The molecule has 0 bridgehead atoms. The van der Waals surface area contributed by atoms with Gasteiger partial charge in [-0.3, -0.25) is 0 Å². The number of piperidine rings is 1. The number of carbonyl (C=O) groups excluding carboxylic acids is 1. The number of benzene rings is 1. The molecule has 28 heavy (non-hydrogen) atoms. The average molecular weight is 402 g/mol. The summed E-state index contributed by atoms with van der Waals surface area (Å²) in [5, 5.41) is 18.6. The van der Waals surface area contributed by atoms with Gasteiger partial charge in [-0.15, -0.1) is 0 Å². The molecule has 2 N–H and O–H groups in total. The molecule has 3 rings (SSSR count). The molecular weight excluding hydrogens is 381 g/mol. The number of ether oxygens (including phenoxy) is 1. The molecule has 0 spiro atoms. The number of amides is 2. The molecule has 2 aliphatic heterocycles. The van der Waals surface area contributed by atoms with Gasteiger partial charge in [-0.1, -0.05) is 18.2 Å². The fourth-order valence-corrected chi connectivity index (χ4v) is 3.76. The van der Waals surface area contributed by atoms with Crippen molar-refractivity contribution in [2.24, 2.45) is 0 Å². The number of hydrogen-bond acceptors (Lipinski definition) is 4. The Hall–Kier alpha value is -2.49. The highest BCUT2D eigenvalue weighted by Gasteiger charge is 2.37. The second-order valence-electron chi connectivity index (χ2n) is 7.14. The number of β-amino-alcohol motifs (C(OH)–C–C–N with tert-alkyl or cyclic N) is 1. The first-order valence-electron chi connectivity index (χ1n) is 8.92. The molecule has 2 fully saturated rings. The van der Waals surface area contributed by atoms with Crippen LogP contribution in [-0.2, 0) is 10.9 Å². The van der Waals surface area contributed by atoms with Crippen molar-refractivity contribution in [1.29, 1.82) is 0 Å². The molecule has 2 amide bonds. The molecule has 0 radical (unpaired) electrons. The molecule has 154 valence electrons. The van der Waals surface area contributed by atoms with Crippen LogP contribution in [0.5, 0.6) is 0 Å². The van der Waals surface area contributed by atoms with E-state index in [2.05, 4.69) is 0 Å². The summed E-state index contributed by atoms with van der Waals surface area (Å²) in [6.07, 6.45) is -6.82. The molecule has 0 aromatic heterocycles. The minimum absolute atomic E-state index is 0.0210. The lowest BCUT2D eigenvalue weighted by Gasteiger charge is -2.39. The lowest BCUT2D eigenvalue weighted by atomic mass is 9.88. The molecule has 2 heterocycles. The van der Waals surface area contributed by atoms with Gasteiger partial charge in [0, 0.05) is 25.6 Å². The number of alkyl halides is 3. The fraction of sp³-hybridized carbons (Fsp3) is 0.556. The van der Waals surface area contributed by atoms with Crippen molar-refractivity contribution >= 4 is 12.2 Å².